The molecule has 2 aliphatic heterocycles. The highest BCUT2D eigenvalue weighted by Gasteiger charge is 2.52. The van der Waals surface area contributed by atoms with Crippen molar-refractivity contribution in [1.29, 1.82) is 0 Å². The van der Waals surface area contributed by atoms with Gasteiger partial charge >= 0.3 is 6.18 Å². The lowest BCUT2D eigenvalue weighted by atomic mass is 9.86. The lowest BCUT2D eigenvalue weighted by molar-refractivity contribution is -0.137. The Morgan fingerprint density at radius 1 is 1.03 bits per heavy atom. The van der Waals surface area contributed by atoms with Crippen LogP contribution in [0.25, 0.3) is 0 Å². The normalized spacial score (nSPS) is 27.4. The summed E-state index contributed by atoms with van der Waals surface area (Å²) < 4.78 is 40.2. The highest BCUT2D eigenvalue weighted by atomic mass is 32.1. The summed E-state index contributed by atoms with van der Waals surface area (Å²) in [6.07, 6.45) is 3.53. The van der Waals surface area contributed by atoms with E-state index in [2.05, 4.69) is 18.7 Å². The molecule has 0 N–H and O–H groups in total. The first-order valence-corrected chi connectivity index (χ1v) is 11.4. The van der Waals surface area contributed by atoms with Gasteiger partial charge in [-0.05, 0) is 57.0 Å². The van der Waals surface area contributed by atoms with Gasteiger partial charge in [0, 0.05) is 11.1 Å². The summed E-state index contributed by atoms with van der Waals surface area (Å²) >= 11 is 5.89. The van der Waals surface area contributed by atoms with Crippen molar-refractivity contribution in [2.75, 3.05) is 18.0 Å². The number of amidine groups is 1. The molecule has 4 rings (SSSR count). The van der Waals surface area contributed by atoms with E-state index in [4.69, 9.17) is 17.2 Å². The molecule has 1 aromatic rings. The van der Waals surface area contributed by atoms with Gasteiger partial charge in [0.15, 0.2) is 0 Å². The fourth-order valence-corrected chi connectivity index (χ4v) is 5.48. The van der Waals surface area contributed by atoms with Crippen LogP contribution < -0.4 is 4.90 Å². The average molecular weight is 438 g/mol. The number of alkyl halides is 3. The fraction of sp³-hybridized carbons (Fsp3) is 0.652. The van der Waals surface area contributed by atoms with Crippen molar-refractivity contribution in [2.45, 2.75) is 77.1 Å². The number of likely N-dealkylation sites (tertiary alicyclic amines) is 1. The van der Waals surface area contributed by atoms with Crippen molar-refractivity contribution in [1.82, 2.24) is 4.90 Å². The molecule has 1 aromatic carbocycles. The van der Waals surface area contributed by atoms with Crippen LogP contribution in [-0.2, 0) is 6.18 Å². The van der Waals surface area contributed by atoms with E-state index in [-0.39, 0.29) is 17.5 Å². The first-order valence-electron chi connectivity index (χ1n) is 11.0. The number of nitrogens with zero attached hydrogens (tertiary/aromatic N) is 3. The van der Waals surface area contributed by atoms with Gasteiger partial charge in [-0.2, -0.15) is 13.2 Å². The zero-order chi connectivity index (χ0) is 21.5. The number of hydrogen-bond donors (Lipinski definition) is 0. The number of benzene rings is 1. The SMILES string of the molecule is CC1(C)C(=S)N(c2cccc(C(F)(F)F)c2)C(=NC2CCCCC2)[C@@H]1N1CCCC1. The first kappa shape index (κ1) is 21.8. The molecule has 2 saturated heterocycles. The van der Waals surface area contributed by atoms with E-state index in [1.807, 2.05) is 4.90 Å². The monoisotopic (exact) mass is 437 g/mol. The third kappa shape index (κ3) is 4.03. The van der Waals surface area contributed by atoms with E-state index < -0.39 is 11.7 Å². The Morgan fingerprint density at radius 2 is 1.70 bits per heavy atom. The molecule has 164 valence electrons. The van der Waals surface area contributed by atoms with Gasteiger partial charge in [-0.1, -0.05) is 51.4 Å². The molecule has 30 heavy (non-hydrogen) atoms. The van der Waals surface area contributed by atoms with Crippen molar-refractivity contribution < 1.29 is 13.2 Å². The number of hydrogen-bond acceptors (Lipinski definition) is 3. The molecule has 1 aliphatic carbocycles. The smallest absolute Gasteiger partial charge is 0.293 e. The van der Waals surface area contributed by atoms with Gasteiger partial charge in [0.1, 0.15) is 5.84 Å². The molecule has 0 unspecified atom stereocenters. The number of anilines is 1. The van der Waals surface area contributed by atoms with E-state index in [0.717, 1.165) is 63.5 Å². The predicted molar refractivity (Wildman–Crippen MR) is 119 cm³/mol. The molecular formula is C23H30F3N3S. The van der Waals surface area contributed by atoms with Crippen LogP contribution in [0.3, 0.4) is 0 Å². The van der Waals surface area contributed by atoms with E-state index >= 15 is 0 Å². The third-order valence-electron chi connectivity index (χ3n) is 6.74. The Kier molecular flexibility index (Phi) is 5.96. The lowest BCUT2D eigenvalue weighted by Crippen LogP contribution is -2.46. The van der Waals surface area contributed by atoms with Crippen molar-refractivity contribution in [3.8, 4) is 0 Å². The summed E-state index contributed by atoms with van der Waals surface area (Å²) in [6.45, 7) is 6.19. The molecule has 3 aliphatic rings. The summed E-state index contributed by atoms with van der Waals surface area (Å²) in [5.41, 5.74) is -0.553. The van der Waals surface area contributed by atoms with Crippen LogP contribution in [0.15, 0.2) is 29.3 Å². The summed E-state index contributed by atoms with van der Waals surface area (Å²) in [7, 11) is 0. The second-order valence-electron chi connectivity index (χ2n) is 9.34. The molecule has 0 radical (unpaired) electrons. The van der Waals surface area contributed by atoms with Crippen LogP contribution in [0, 0.1) is 5.41 Å². The van der Waals surface area contributed by atoms with Crippen LogP contribution in [0.5, 0.6) is 0 Å². The van der Waals surface area contributed by atoms with Crippen molar-refractivity contribution >= 4 is 28.7 Å². The molecule has 7 heteroatoms. The lowest BCUT2D eigenvalue weighted by Gasteiger charge is -2.33. The third-order valence-corrected chi connectivity index (χ3v) is 7.45. The molecule has 3 nitrogen and oxygen atoms in total. The second-order valence-corrected chi connectivity index (χ2v) is 9.72. The number of halogens is 3. The maximum absolute atomic E-state index is 13.4. The number of aliphatic imine (C=N–C) groups is 1. The van der Waals surface area contributed by atoms with Gasteiger partial charge in [-0.15, -0.1) is 0 Å². The fourth-order valence-electron chi connectivity index (χ4n) is 5.17. The van der Waals surface area contributed by atoms with E-state index in [1.54, 1.807) is 6.07 Å². The number of thiocarbonyl (C=S) groups is 1. The Labute approximate surface area is 182 Å². The van der Waals surface area contributed by atoms with E-state index in [1.165, 1.54) is 18.6 Å². The Bertz CT molecular complexity index is 821. The molecule has 0 aromatic heterocycles. The summed E-state index contributed by atoms with van der Waals surface area (Å²) in [4.78, 5) is 10.1. The molecule has 0 spiro atoms. The second kappa shape index (κ2) is 8.23. The quantitative estimate of drug-likeness (QED) is 0.535. The van der Waals surface area contributed by atoms with Crippen LogP contribution in [-0.4, -0.2) is 40.9 Å². The predicted octanol–water partition coefficient (Wildman–Crippen LogP) is 6.07. The zero-order valence-corrected chi connectivity index (χ0v) is 18.5. The summed E-state index contributed by atoms with van der Waals surface area (Å²) in [5, 5.41) is 0. The first-order chi connectivity index (χ1) is 14.2. The Morgan fingerprint density at radius 3 is 2.33 bits per heavy atom. The molecule has 2 heterocycles. The minimum absolute atomic E-state index is 0.00368. The van der Waals surface area contributed by atoms with Gasteiger partial charge in [0.2, 0.25) is 0 Å². The number of rotatable bonds is 3. The van der Waals surface area contributed by atoms with Gasteiger partial charge < -0.3 is 0 Å². The maximum atomic E-state index is 13.4. The van der Waals surface area contributed by atoms with Crippen LogP contribution >= 0.6 is 12.2 Å². The van der Waals surface area contributed by atoms with Crippen LogP contribution in [0.4, 0.5) is 18.9 Å². The van der Waals surface area contributed by atoms with E-state index in [9.17, 15) is 13.2 Å². The standard InChI is InChI=1S/C23H30F3N3S/c1-22(2)19(28-13-6-7-14-28)20(27-17-10-4-3-5-11-17)29(21(22)30)18-12-8-9-16(15-18)23(24,25)26/h8-9,12,15,17,19H,3-7,10-11,13-14H2,1-2H3/t19-/m0/s1. The van der Waals surface area contributed by atoms with Crippen molar-refractivity contribution in [2.24, 2.45) is 10.4 Å². The average Bonchev–Trinajstić information content (AvgIpc) is 3.28. The van der Waals surface area contributed by atoms with Gasteiger partial charge in [-0.3, -0.25) is 14.8 Å². The molecule has 3 fully saturated rings. The zero-order valence-electron chi connectivity index (χ0n) is 17.7. The van der Waals surface area contributed by atoms with Crippen molar-refractivity contribution in [3.05, 3.63) is 29.8 Å². The minimum Gasteiger partial charge on any atom is -0.293 e. The highest BCUT2D eigenvalue weighted by Crippen LogP contribution is 2.43. The molecule has 1 saturated carbocycles. The Hall–Kier alpha value is -1.47. The van der Waals surface area contributed by atoms with E-state index in [0.29, 0.717) is 10.7 Å². The summed E-state index contributed by atoms with van der Waals surface area (Å²) in [6, 6.07) is 5.75. The maximum Gasteiger partial charge on any atom is 0.416 e. The van der Waals surface area contributed by atoms with Gasteiger partial charge in [0.25, 0.3) is 0 Å². The van der Waals surface area contributed by atoms with Crippen LogP contribution in [0.1, 0.15) is 64.4 Å². The van der Waals surface area contributed by atoms with Crippen molar-refractivity contribution in [3.63, 3.8) is 0 Å². The minimum atomic E-state index is -4.39. The highest BCUT2D eigenvalue weighted by molar-refractivity contribution is 7.80. The Balaban J connectivity index is 1.80. The molecular weight excluding hydrogens is 407 g/mol. The summed E-state index contributed by atoms with van der Waals surface area (Å²) in [5.74, 6) is 0.845. The molecule has 0 bridgehead atoms. The van der Waals surface area contributed by atoms with Crippen LogP contribution in [0.2, 0.25) is 0 Å². The van der Waals surface area contributed by atoms with Gasteiger partial charge in [0.05, 0.1) is 22.6 Å². The molecule has 0 amide bonds. The topological polar surface area (TPSA) is 18.8 Å². The molecule has 1 atom stereocenters. The largest absolute Gasteiger partial charge is 0.416 e. The van der Waals surface area contributed by atoms with Gasteiger partial charge in [-0.25, -0.2) is 0 Å².